The second kappa shape index (κ2) is 49.5. The summed E-state index contributed by atoms with van der Waals surface area (Å²) in [5.74, 6) is -1.81. The van der Waals surface area contributed by atoms with E-state index in [1.807, 2.05) is 0 Å². The van der Waals surface area contributed by atoms with E-state index in [4.69, 9.17) is 25.5 Å². The molecule has 0 saturated heterocycles. The van der Waals surface area contributed by atoms with Crippen molar-refractivity contribution < 1.29 is 45.3 Å². The Morgan fingerprint density at radius 3 is 0.725 bits per heavy atom. The van der Waals surface area contributed by atoms with E-state index in [1.54, 1.807) is 0 Å². The van der Waals surface area contributed by atoms with Crippen LogP contribution in [0.25, 0.3) is 0 Å². The number of carboxylic acid groups (broad SMARTS) is 2. The van der Waals surface area contributed by atoms with Gasteiger partial charge in [0.15, 0.2) is 0 Å². The molecular formula is C41H82MgO9. The quantitative estimate of drug-likeness (QED) is 0.0346. The van der Waals surface area contributed by atoms with Gasteiger partial charge in [0.2, 0.25) is 0 Å². The molecule has 0 rings (SSSR count). The molecule has 0 aliphatic carbocycles. The maximum Gasteiger partial charge on any atom is 2.00 e. The SMILES string of the molecule is CCCCCCCCCCCCCCCCCC(=O)[O-].CCCCCCCCCCCCCCCCCC(=O)[O-].OCC(O)C(O)C(O)CO.[Mg+2]. The van der Waals surface area contributed by atoms with E-state index < -0.39 is 43.5 Å². The number of aliphatic hydroxyl groups is 5. The van der Waals surface area contributed by atoms with Crippen molar-refractivity contribution in [3.05, 3.63) is 0 Å². The van der Waals surface area contributed by atoms with Crippen molar-refractivity contribution in [3.8, 4) is 0 Å². The zero-order valence-electron chi connectivity index (χ0n) is 33.3. The van der Waals surface area contributed by atoms with Crippen LogP contribution < -0.4 is 10.2 Å². The van der Waals surface area contributed by atoms with Crippen molar-refractivity contribution in [2.24, 2.45) is 0 Å². The topological polar surface area (TPSA) is 181 Å². The second-order valence-corrected chi connectivity index (χ2v) is 14.1. The summed E-state index contributed by atoms with van der Waals surface area (Å²) in [6, 6.07) is 0. The van der Waals surface area contributed by atoms with Crippen LogP contribution in [0.5, 0.6) is 0 Å². The number of carbonyl (C=O) groups excluding carboxylic acids is 2. The van der Waals surface area contributed by atoms with Crippen LogP contribution >= 0.6 is 0 Å². The summed E-state index contributed by atoms with van der Waals surface area (Å²) in [5.41, 5.74) is 0. The van der Waals surface area contributed by atoms with Crippen LogP contribution in [0.2, 0.25) is 0 Å². The summed E-state index contributed by atoms with van der Waals surface area (Å²) in [6.07, 6.45) is 35.4. The van der Waals surface area contributed by atoms with Crippen molar-refractivity contribution in [2.45, 2.75) is 238 Å². The smallest absolute Gasteiger partial charge is 0.550 e. The third-order valence-electron chi connectivity index (χ3n) is 9.13. The molecule has 302 valence electrons. The first kappa shape index (κ1) is 57.2. The normalized spacial score (nSPS) is 12.5. The Hall–Kier alpha value is -0.494. The number of aliphatic hydroxyl groups excluding tert-OH is 5. The molecule has 0 aromatic carbocycles. The van der Waals surface area contributed by atoms with Crippen LogP contribution in [-0.4, -0.2) is 92.0 Å². The molecule has 5 N–H and O–H groups in total. The van der Waals surface area contributed by atoms with E-state index in [2.05, 4.69) is 13.8 Å². The molecule has 10 heteroatoms. The predicted molar refractivity (Wildman–Crippen MR) is 207 cm³/mol. The Bertz CT molecular complexity index is 615. The summed E-state index contributed by atoms with van der Waals surface area (Å²) in [4.78, 5) is 20.4. The molecule has 0 fully saturated rings. The number of hydrogen-bond donors (Lipinski definition) is 5. The predicted octanol–water partition coefficient (Wildman–Crippen LogP) is 6.67. The van der Waals surface area contributed by atoms with Crippen LogP contribution in [0.1, 0.15) is 219 Å². The molecule has 2 atom stereocenters. The second-order valence-electron chi connectivity index (χ2n) is 14.1. The summed E-state index contributed by atoms with van der Waals surface area (Å²) >= 11 is 0. The Balaban J connectivity index is -0.000000340. The van der Waals surface area contributed by atoms with Gasteiger partial charge >= 0.3 is 23.1 Å². The number of carbonyl (C=O) groups is 2. The number of rotatable bonds is 36. The monoisotopic (exact) mass is 743 g/mol. The zero-order valence-corrected chi connectivity index (χ0v) is 34.8. The first-order chi connectivity index (χ1) is 24.2. The molecular weight excluding hydrogens is 661 g/mol. The minimum absolute atomic E-state index is 0. The van der Waals surface area contributed by atoms with Crippen molar-refractivity contribution >= 4 is 35.0 Å². The van der Waals surface area contributed by atoms with Crippen LogP contribution in [0.15, 0.2) is 0 Å². The van der Waals surface area contributed by atoms with Gasteiger partial charge in [0, 0.05) is 11.9 Å². The fourth-order valence-electron chi connectivity index (χ4n) is 5.75. The first-order valence-electron chi connectivity index (χ1n) is 20.8. The largest absolute Gasteiger partial charge is 2.00 e. The van der Waals surface area contributed by atoms with Gasteiger partial charge in [-0.3, -0.25) is 0 Å². The summed E-state index contributed by atoms with van der Waals surface area (Å²) in [7, 11) is 0. The Kier molecular flexibility index (Phi) is 55.6. The van der Waals surface area contributed by atoms with Gasteiger partial charge in [-0.05, 0) is 25.7 Å². The molecule has 0 spiro atoms. The molecule has 0 aliphatic rings. The molecule has 0 aliphatic heterocycles. The molecule has 0 saturated carbocycles. The minimum Gasteiger partial charge on any atom is -0.550 e. The molecule has 0 aromatic rings. The van der Waals surface area contributed by atoms with Gasteiger partial charge in [-0.2, -0.15) is 0 Å². The van der Waals surface area contributed by atoms with E-state index in [9.17, 15) is 19.8 Å². The zero-order chi connectivity index (χ0) is 37.9. The Morgan fingerprint density at radius 2 is 0.569 bits per heavy atom. The summed E-state index contributed by atoms with van der Waals surface area (Å²) < 4.78 is 0. The van der Waals surface area contributed by atoms with E-state index in [-0.39, 0.29) is 35.9 Å². The van der Waals surface area contributed by atoms with Gasteiger partial charge in [0.25, 0.3) is 0 Å². The average molecular weight is 743 g/mol. The van der Waals surface area contributed by atoms with Gasteiger partial charge in [-0.15, -0.1) is 0 Å². The molecule has 2 unspecified atom stereocenters. The van der Waals surface area contributed by atoms with Gasteiger partial charge in [-0.25, -0.2) is 0 Å². The maximum absolute atomic E-state index is 10.2. The fourth-order valence-corrected chi connectivity index (χ4v) is 5.75. The van der Waals surface area contributed by atoms with Crippen molar-refractivity contribution in [3.63, 3.8) is 0 Å². The molecule has 9 nitrogen and oxygen atoms in total. The summed E-state index contributed by atoms with van der Waals surface area (Å²) in [5, 5.41) is 63.0. The van der Waals surface area contributed by atoms with E-state index in [0.717, 1.165) is 25.7 Å². The van der Waals surface area contributed by atoms with Crippen LogP contribution in [0.3, 0.4) is 0 Å². The van der Waals surface area contributed by atoms with Crippen LogP contribution in [0, 0.1) is 0 Å². The molecule has 0 radical (unpaired) electrons. The Labute approximate surface area is 330 Å². The van der Waals surface area contributed by atoms with E-state index in [1.165, 1.54) is 167 Å². The molecule has 51 heavy (non-hydrogen) atoms. The Morgan fingerprint density at radius 1 is 0.392 bits per heavy atom. The van der Waals surface area contributed by atoms with E-state index in [0.29, 0.717) is 0 Å². The number of aliphatic carboxylic acids is 2. The molecule has 0 aromatic heterocycles. The van der Waals surface area contributed by atoms with Crippen molar-refractivity contribution in [1.82, 2.24) is 0 Å². The van der Waals surface area contributed by atoms with Gasteiger partial charge in [0.05, 0.1) is 13.2 Å². The average Bonchev–Trinajstić information content (AvgIpc) is 3.10. The van der Waals surface area contributed by atoms with E-state index >= 15 is 0 Å². The van der Waals surface area contributed by atoms with Gasteiger partial charge < -0.3 is 45.3 Å². The maximum atomic E-state index is 10.2. The molecule has 0 heterocycles. The van der Waals surface area contributed by atoms with Gasteiger partial charge in [0.1, 0.15) is 18.3 Å². The fraction of sp³-hybridized carbons (Fsp3) is 0.951. The first-order valence-corrected chi connectivity index (χ1v) is 20.8. The molecule has 0 bridgehead atoms. The number of carboxylic acids is 2. The number of unbranched alkanes of at least 4 members (excludes halogenated alkanes) is 28. The third kappa shape index (κ3) is 54.0. The van der Waals surface area contributed by atoms with Crippen LogP contribution in [0.4, 0.5) is 0 Å². The van der Waals surface area contributed by atoms with Crippen molar-refractivity contribution in [1.29, 1.82) is 0 Å². The van der Waals surface area contributed by atoms with Crippen molar-refractivity contribution in [2.75, 3.05) is 13.2 Å². The summed E-state index contributed by atoms with van der Waals surface area (Å²) in [6.45, 7) is 3.25. The third-order valence-corrected chi connectivity index (χ3v) is 9.13. The molecule has 0 amide bonds. The van der Waals surface area contributed by atoms with Crippen LogP contribution in [-0.2, 0) is 9.59 Å². The number of hydrogen-bond acceptors (Lipinski definition) is 9. The standard InChI is InChI=1S/2C18H36O2.C5H12O5.Mg/c2*1-2-3-4-5-6-7-8-9-10-11-12-13-14-15-16-17-18(19)20;6-1-3(8)5(10)4(9)2-7;/h2*2-17H2,1H3,(H,19,20);3-10H,1-2H2;/q;;;+2/p-2. The minimum atomic E-state index is -1.49. The van der Waals surface area contributed by atoms with Gasteiger partial charge in [-0.1, -0.05) is 194 Å².